The molecular weight excluding hydrogens is 358 g/mol. The first kappa shape index (κ1) is 18.9. The summed E-state index contributed by atoms with van der Waals surface area (Å²) in [6.07, 6.45) is 0. The van der Waals surface area contributed by atoms with Crippen LogP contribution in [0.4, 0.5) is 17.1 Å². The Bertz CT molecular complexity index is 797. The first-order valence-corrected chi connectivity index (χ1v) is 7.87. The lowest BCUT2D eigenvalue weighted by Gasteiger charge is -2.12. The lowest BCUT2D eigenvalue weighted by atomic mass is 10.3. The van der Waals surface area contributed by atoms with Crippen molar-refractivity contribution in [3.05, 3.63) is 58.6 Å². The molecule has 0 atom stereocenters. The molecule has 0 fully saturated rings. The van der Waals surface area contributed by atoms with E-state index in [2.05, 4.69) is 21.5 Å². The number of amides is 1. The number of nitro benzene ring substituents is 1. The zero-order valence-electron chi connectivity index (χ0n) is 13.8. The number of hydrogen-bond acceptors (Lipinski definition) is 6. The van der Waals surface area contributed by atoms with Gasteiger partial charge in [0, 0.05) is 29.6 Å². The topological polar surface area (TPSA) is 118 Å². The lowest BCUT2D eigenvalue weighted by Crippen LogP contribution is -2.45. The quantitative estimate of drug-likeness (QED) is 0.344. The van der Waals surface area contributed by atoms with Gasteiger partial charge >= 0.3 is 0 Å². The third-order valence-corrected chi connectivity index (χ3v) is 3.38. The molecule has 0 unspecified atom stereocenters. The smallest absolute Gasteiger partial charge is 0.269 e. The second-order valence-electron chi connectivity index (χ2n) is 5.02. The number of methoxy groups -OCH3 is 1. The van der Waals surface area contributed by atoms with Gasteiger partial charge in [-0.1, -0.05) is 6.07 Å². The minimum atomic E-state index is -0.490. The van der Waals surface area contributed by atoms with Crippen LogP contribution in [-0.4, -0.2) is 29.6 Å². The Morgan fingerprint density at radius 2 is 1.88 bits per heavy atom. The number of carbonyl (C=O) groups is 1. The van der Waals surface area contributed by atoms with E-state index in [0.717, 1.165) is 5.69 Å². The molecule has 0 spiro atoms. The molecule has 2 aromatic carbocycles. The maximum atomic E-state index is 11.8. The van der Waals surface area contributed by atoms with Gasteiger partial charge in [-0.05, 0) is 36.5 Å². The van der Waals surface area contributed by atoms with Crippen molar-refractivity contribution >= 4 is 40.3 Å². The fourth-order valence-corrected chi connectivity index (χ4v) is 2.08. The molecule has 0 aliphatic rings. The number of nitro groups is 1. The molecule has 0 saturated heterocycles. The molecule has 0 aromatic heterocycles. The number of thiocarbonyl (C=S) groups is 1. The molecule has 0 radical (unpaired) electrons. The molecule has 0 aliphatic heterocycles. The number of anilines is 2. The molecule has 4 N–H and O–H groups in total. The van der Waals surface area contributed by atoms with Gasteiger partial charge in [0.2, 0.25) is 0 Å². The van der Waals surface area contributed by atoms with Gasteiger partial charge in [-0.3, -0.25) is 25.8 Å². The maximum Gasteiger partial charge on any atom is 0.269 e. The second kappa shape index (κ2) is 9.18. The highest BCUT2D eigenvalue weighted by molar-refractivity contribution is 7.80. The van der Waals surface area contributed by atoms with Crippen LogP contribution in [0, 0.1) is 10.1 Å². The van der Waals surface area contributed by atoms with E-state index < -0.39 is 4.92 Å². The lowest BCUT2D eigenvalue weighted by molar-refractivity contribution is -0.384. The van der Waals surface area contributed by atoms with E-state index in [1.807, 2.05) is 6.07 Å². The van der Waals surface area contributed by atoms with Gasteiger partial charge in [-0.15, -0.1) is 0 Å². The molecule has 0 saturated carbocycles. The summed E-state index contributed by atoms with van der Waals surface area (Å²) in [5, 5.41) is 16.5. The van der Waals surface area contributed by atoms with Gasteiger partial charge in [-0.2, -0.15) is 0 Å². The molecule has 136 valence electrons. The fraction of sp³-hybridized carbons (Fsp3) is 0.125. The van der Waals surface area contributed by atoms with E-state index in [0.29, 0.717) is 11.4 Å². The largest absolute Gasteiger partial charge is 0.497 e. The SMILES string of the molecule is COc1cccc(NCC(=O)NNC(=S)Nc2ccc([N+](=O)[O-])cc2)c1. The summed E-state index contributed by atoms with van der Waals surface area (Å²) < 4.78 is 5.10. The van der Waals surface area contributed by atoms with Crippen LogP contribution in [-0.2, 0) is 4.79 Å². The number of carbonyl (C=O) groups excluding carboxylic acids is 1. The predicted octanol–water partition coefficient (Wildman–Crippen LogP) is 2.03. The Hall–Kier alpha value is -3.40. The highest BCUT2D eigenvalue weighted by atomic mass is 32.1. The van der Waals surface area contributed by atoms with E-state index in [-0.39, 0.29) is 23.3 Å². The Kier molecular flexibility index (Phi) is 6.68. The predicted molar refractivity (Wildman–Crippen MR) is 102 cm³/mol. The monoisotopic (exact) mass is 375 g/mol. The van der Waals surface area contributed by atoms with Crippen LogP contribution in [0.3, 0.4) is 0 Å². The average molecular weight is 375 g/mol. The van der Waals surface area contributed by atoms with E-state index in [9.17, 15) is 14.9 Å². The van der Waals surface area contributed by atoms with Gasteiger partial charge in [0.15, 0.2) is 5.11 Å². The Balaban J connectivity index is 1.74. The summed E-state index contributed by atoms with van der Waals surface area (Å²) >= 11 is 5.04. The molecule has 10 heteroatoms. The van der Waals surface area contributed by atoms with Crippen LogP contribution >= 0.6 is 12.2 Å². The molecule has 0 heterocycles. The molecular formula is C16H17N5O4S. The summed E-state index contributed by atoms with van der Waals surface area (Å²) in [4.78, 5) is 21.9. The Morgan fingerprint density at radius 1 is 1.15 bits per heavy atom. The zero-order chi connectivity index (χ0) is 18.9. The molecule has 1 amide bonds. The van der Waals surface area contributed by atoms with Gasteiger partial charge in [0.25, 0.3) is 11.6 Å². The van der Waals surface area contributed by atoms with E-state index in [1.54, 1.807) is 25.3 Å². The zero-order valence-corrected chi connectivity index (χ0v) is 14.6. The van der Waals surface area contributed by atoms with Crippen molar-refractivity contribution in [3.63, 3.8) is 0 Å². The summed E-state index contributed by atoms with van der Waals surface area (Å²) in [5.74, 6) is 0.350. The third kappa shape index (κ3) is 5.91. The van der Waals surface area contributed by atoms with Crippen molar-refractivity contribution in [1.29, 1.82) is 0 Å². The van der Waals surface area contributed by atoms with Gasteiger partial charge in [-0.25, -0.2) is 0 Å². The van der Waals surface area contributed by atoms with Crippen LogP contribution in [0.2, 0.25) is 0 Å². The van der Waals surface area contributed by atoms with Crippen LogP contribution in [0.5, 0.6) is 5.75 Å². The molecule has 0 aliphatic carbocycles. The van der Waals surface area contributed by atoms with Crippen LogP contribution in [0.15, 0.2) is 48.5 Å². The van der Waals surface area contributed by atoms with Crippen molar-refractivity contribution in [2.45, 2.75) is 0 Å². The number of ether oxygens (including phenoxy) is 1. The maximum absolute atomic E-state index is 11.8. The molecule has 26 heavy (non-hydrogen) atoms. The first-order valence-electron chi connectivity index (χ1n) is 7.46. The summed E-state index contributed by atoms with van der Waals surface area (Å²) in [6, 6.07) is 12.9. The average Bonchev–Trinajstić information content (AvgIpc) is 2.65. The van der Waals surface area contributed by atoms with Crippen molar-refractivity contribution in [1.82, 2.24) is 10.9 Å². The number of nitrogens with one attached hydrogen (secondary N) is 4. The Morgan fingerprint density at radius 3 is 2.54 bits per heavy atom. The van der Waals surface area contributed by atoms with Crippen molar-refractivity contribution < 1.29 is 14.5 Å². The molecule has 9 nitrogen and oxygen atoms in total. The van der Waals surface area contributed by atoms with E-state index in [1.165, 1.54) is 24.3 Å². The van der Waals surface area contributed by atoms with Gasteiger partial charge < -0.3 is 15.4 Å². The first-order chi connectivity index (χ1) is 12.5. The highest BCUT2D eigenvalue weighted by Gasteiger charge is 2.06. The van der Waals surface area contributed by atoms with Gasteiger partial charge in [0.1, 0.15) is 5.75 Å². The number of hydrogen-bond donors (Lipinski definition) is 4. The standard InChI is InChI=1S/C16H17N5O4S/c1-25-14-4-2-3-12(9-14)17-10-15(22)19-20-16(26)18-11-5-7-13(8-6-11)21(23)24/h2-9,17H,10H2,1H3,(H,19,22)(H2,18,20,26). The summed E-state index contributed by atoms with van der Waals surface area (Å²) in [7, 11) is 1.56. The number of hydrazine groups is 1. The normalized spacial score (nSPS) is 9.73. The summed E-state index contributed by atoms with van der Waals surface area (Å²) in [6.45, 7) is 0.0281. The molecule has 0 bridgehead atoms. The third-order valence-electron chi connectivity index (χ3n) is 3.17. The van der Waals surface area contributed by atoms with Crippen LogP contribution in [0.1, 0.15) is 0 Å². The van der Waals surface area contributed by atoms with Crippen molar-refractivity contribution in [3.8, 4) is 5.75 Å². The fourth-order valence-electron chi connectivity index (χ4n) is 1.91. The molecule has 2 aromatic rings. The summed E-state index contributed by atoms with van der Waals surface area (Å²) in [5.41, 5.74) is 6.26. The minimum Gasteiger partial charge on any atom is -0.497 e. The van der Waals surface area contributed by atoms with E-state index >= 15 is 0 Å². The number of non-ortho nitro benzene ring substituents is 1. The van der Waals surface area contributed by atoms with Gasteiger partial charge in [0.05, 0.1) is 18.6 Å². The number of rotatable bonds is 6. The molecule has 2 rings (SSSR count). The van der Waals surface area contributed by atoms with E-state index in [4.69, 9.17) is 17.0 Å². The minimum absolute atomic E-state index is 0.0219. The van der Waals surface area contributed by atoms with Crippen LogP contribution < -0.4 is 26.2 Å². The highest BCUT2D eigenvalue weighted by Crippen LogP contribution is 2.16. The van der Waals surface area contributed by atoms with Crippen LogP contribution in [0.25, 0.3) is 0 Å². The number of nitrogens with zero attached hydrogens (tertiary/aromatic N) is 1. The number of benzene rings is 2. The van der Waals surface area contributed by atoms with Crippen molar-refractivity contribution in [2.75, 3.05) is 24.3 Å². The van der Waals surface area contributed by atoms with Crippen molar-refractivity contribution in [2.24, 2.45) is 0 Å². The second-order valence-corrected chi connectivity index (χ2v) is 5.43. The Labute approximate surface area is 154 Å².